The Bertz CT molecular complexity index is 300. The molecule has 1 rings (SSSR count). The van der Waals surface area contributed by atoms with Crippen LogP contribution in [0, 0.1) is 13.8 Å². The molecule has 0 aromatic carbocycles. The first kappa shape index (κ1) is 12.3. The molecule has 2 heteroatoms. The Kier molecular flexibility index (Phi) is 4.89. The summed E-state index contributed by atoms with van der Waals surface area (Å²) in [6, 6.07) is 2.30. The van der Waals surface area contributed by atoms with E-state index in [0.717, 1.165) is 19.6 Å². The molecule has 0 aliphatic rings. The van der Waals surface area contributed by atoms with Crippen LogP contribution in [-0.2, 0) is 13.1 Å². The van der Waals surface area contributed by atoms with Gasteiger partial charge in [-0.15, -0.1) is 0 Å². The summed E-state index contributed by atoms with van der Waals surface area (Å²) in [5.74, 6) is 0. The Balaban J connectivity index is 2.54. The molecule has 0 unspecified atom stereocenters. The van der Waals surface area contributed by atoms with Crippen molar-refractivity contribution in [3.05, 3.63) is 23.0 Å². The second kappa shape index (κ2) is 5.96. The first-order chi connectivity index (χ1) is 7.20. The van der Waals surface area contributed by atoms with Crippen LogP contribution in [0.1, 0.15) is 43.6 Å². The summed E-state index contributed by atoms with van der Waals surface area (Å²) >= 11 is 0. The van der Waals surface area contributed by atoms with Gasteiger partial charge in [0.25, 0.3) is 0 Å². The van der Waals surface area contributed by atoms with E-state index >= 15 is 0 Å². The molecule has 0 bridgehead atoms. The largest absolute Gasteiger partial charge is 0.349 e. The Hall–Kier alpha value is -0.760. The van der Waals surface area contributed by atoms with Crippen LogP contribution in [0.4, 0.5) is 0 Å². The van der Waals surface area contributed by atoms with Crippen molar-refractivity contribution in [3.63, 3.8) is 0 Å². The molecular weight excluding hydrogens is 184 g/mol. The number of aromatic nitrogens is 1. The van der Waals surface area contributed by atoms with Gasteiger partial charge in [0.1, 0.15) is 0 Å². The van der Waals surface area contributed by atoms with Crippen LogP contribution in [0.3, 0.4) is 0 Å². The molecule has 1 N–H and O–H groups in total. The second-order valence-corrected chi connectivity index (χ2v) is 4.17. The lowest BCUT2D eigenvalue weighted by molar-refractivity contribution is 0.635. The maximum absolute atomic E-state index is 3.49. The van der Waals surface area contributed by atoms with Crippen molar-refractivity contribution >= 4 is 0 Å². The third kappa shape index (κ3) is 3.10. The Labute approximate surface area is 93.7 Å². The normalized spacial score (nSPS) is 10.9. The van der Waals surface area contributed by atoms with Crippen LogP contribution >= 0.6 is 0 Å². The molecule has 0 radical (unpaired) electrons. The van der Waals surface area contributed by atoms with Crippen molar-refractivity contribution in [2.75, 3.05) is 6.54 Å². The van der Waals surface area contributed by atoms with Gasteiger partial charge in [-0.2, -0.15) is 0 Å². The molecule has 0 aliphatic heterocycles. The van der Waals surface area contributed by atoms with E-state index in [4.69, 9.17) is 0 Å². The Morgan fingerprint density at radius 3 is 2.53 bits per heavy atom. The zero-order chi connectivity index (χ0) is 11.3. The first-order valence-electron chi connectivity index (χ1n) is 6.07. The Morgan fingerprint density at radius 1 is 1.27 bits per heavy atom. The molecule has 15 heavy (non-hydrogen) atoms. The maximum atomic E-state index is 3.49. The predicted molar refractivity (Wildman–Crippen MR) is 66.2 cm³/mol. The third-order valence-electron chi connectivity index (χ3n) is 3.02. The summed E-state index contributed by atoms with van der Waals surface area (Å²) in [5, 5.41) is 3.49. The van der Waals surface area contributed by atoms with Crippen molar-refractivity contribution in [1.82, 2.24) is 9.88 Å². The number of hydrogen-bond acceptors (Lipinski definition) is 1. The minimum absolute atomic E-state index is 1.01. The van der Waals surface area contributed by atoms with Crippen molar-refractivity contribution in [2.24, 2.45) is 0 Å². The molecule has 0 atom stereocenters. The van der Waals surface area contributed by atoms with E-state index in [0.29, 0.717) is 0 Å². The summed E-state index contributed by atoms with van der Waals surface area (Å²) in [6.07, 6.45) is 2.54. The van der Waals surface area contributed by atoms with E-state index in [-0.39, 0.29) is 0 Å². The molecule has 2 nitrogen and oxygen atoms in total. The Morgan fingerprint density at radius 2 is 2.00 bits per heavy atom. The van der Waals surface area contributed by atoms with E-state index in [2.05, 4.69) is 43.6 Å². The number of unbranched alkanes of at least 4 members (excludes halogenated alkanes) is 1. The van der Waals surface area contributed by atoms with E-state index in [1.54, 1.807) is 0 Å². The van der Waals surface area contributed by atoms with Gasteiger partial charge in [0.2, 0.25) is 0 Å². The van der Waals surface area contributed by atoms with Crippen LogP contribution in [0.25, 0.3) is 0 Å². The van der Waals surface area contributed by atoms with Crippen LogP contribution < -0.4 is 5.32 Å². The minimum Gasteiger partial charge on any atom is -0.349 e. The van der Waals surface area contributed by atoms with Gasteiger partial charge in [-0.25, -0.2) is 0 Å². The highest BCUT2D eigenvalue weighted by molar-refractivity contribution is 5.26. The molecule has 86 valence electrons. The zero-order valence-electron chi connectivity index (χ0n) is 10.6. The van der Waals surface area contributed by atoms with Crippen LogP contribution in [0.15, 0.2) is 6.07 Å². The van der Waals surface area contributed by atoms with Gasteiger partial charge in [-0.1, -0.05) is 13.3 Å². The van der Waals surface area contributed by atoms with Crippen LogP contribution in [0.5, 0.6) is 0 Å². The second-order valence-electron chi connectivity index (χ2n) is 4.17. The summed E-state index contributed by atoms with van der Waals surface area (Å²) < 4.78 is 2.37. The molecule has 0 aliphatic carbocycles. The van der Waals surface area contributed by atoms with Crippen molar-refractivity contribution in [3.8, 4) is 0 Å². The number of hydrogen-bond donors (Lipinski definition) is 1. The van der Waals surface area contributed by atoms with Crippen molar-refractivity contribution in [1.29, 1.82) is 0 Å². The van der Waals surface area contributed by atoms with Crippen molar-refractivity contribution in [2.45, 2.75) is 53.6 Å². The molecule has 0 saturated carbocycles. The maximum Gasteiger partial charge on any atom is 0.0223 e. The fourth-order valence-corrected chi connectivity index (χ4v) is 2.06. The van der Waals surface area contributed by atoms with E-state index in [9.17, 15) is 0 Å². The lowest BCUT2D eigenvalue weighted by atomic mass is 10.2. The quantitative estimate of drug-likeness (QED) is 0.711. The molecule has 0 fully saturated rings. The van der Waals surface area contributed by atoms with Crippen molar-refractivity contribution < 1.29 is 0 Å². The molecule has 0 amide bonds. The summed E-state index contributed by atoms with van der Waals surface area (Å²) in [7, 11) is 0. The smallest absolute Gasteiger partial charge is 0.0223 e. The topological polar surface area (TPSA) is 17.0 Å². The van der Waals surface area contributed by atoms with Crippen LogP contribution in [-0.4, -0.2) is 11.1 Å². The fourth-order valence-electron chi connectivity index (χ4n) is 2.06. The van der Waals surface area contributed by atoms with Gasteiger partial charge < -0.3 is 9.88 Å². The fraction of sp³-hybridized carbons (Fsp3) is 0.692. The predicted octanol–water partition coefficient (Wildman–Crippen LogP) is 3.01. The van der Waals surface area contributed by atoms with Gasteiger partial charge in [0.15, 0.2) is 0 Å². The minimum atomic E-state index is 1.01. The highest BCUT2D eigenvalue weighted by Gasteiger charge is 2.06. The number of aryl methyl sites for hydroxylation is 1. The molecule has 0 saturated heterocycles. The summed E-state index contributed by atoms with van der Waals surface area (Å²) in [4.78, 5) is 0. The van der Waals surface area contributed by atoms with Gasteiger partial charge in [-0.05, 0) is 45.4 Å². The summed E-state index contributed by atoms with van der Waals surface area (Å²) in [5.41, 5.74) is 4.24. The van der Waals surface area contributed by atoms with Gasteiger partial charge >= 0.3 is 0 Å². The van der Waals surface area contributed by atoms with E-state index in [1.165, 1.54) is 29.8 Å². The summed E-state index contributed by atoms with van der Waals surface area (Å²) in [6.45, 7) is 12.1. The van der Waals surface area contributed by atoms with Gasteiger partial charge in [0, 0.05) is 24.5 Å². The van der Waals surface area contributed by atoms with Gasteiger partial charge in [-0.3, -0.25) is 0 Å². The zero-order valence-corrected chi connectivity index (χ0v) is 10.6. The number of rotatable bonds is 6. The number of nitrogens with one attached hydrogen (secondary N) is 1. The first-order valence-corrected chi connectivity index (χ1v) is 6.07. The average Bonchev–Trinajstić information content (AvgIpc) is 2.49. The lowest BCUT2D eigenvalue weighted by Gasteiger charge is -2.06. The number of nitrogens with zero attached hydrogens (tertiary/aromatic N) is 1. The molecule has 0 spiro atoms. The highest BCUT2D eigenvalue weighted by atomic mass is 15.0. The lowest BCUT2D eigenvalue weighted by Crippen LogP contribution is -2.15. The van der Waals surface area contributed by atoms with Gasteiger partial charge in [0.05, 0.1) is 0 Å². The average molecular weight is 208 g/mol. The molecule has 1 aromatic heterocycles. The molecular formula is C13H24N2. The highest BCUT2D eigenvalue weighted by Crippen LogP contribution is 2.14. The molecule has 1 heterocycles. The standard InChI is InChI=1S/C13H24N2/c1-5-7-8-14-10-13-9-11(3)15(6-2)12(13)4/h9,14H,5-8,10H2,1-4H3. The SMILES string of the molecule is CCCCNCc1cc(C)n(CC)c1C. The third-order valence-corrected chi connectivity index (χ3v) is 3.02. The van der Waals surface area contributed by atoms with Crippen LogP contribution in [0.2, 0.25) is 0 Å². The van der Waals surface area contributed by atoms with E-state index < -0.39 is 0 Å². The monoisotopic (exact) mass is 208 g/mol. The molecule has 1 aromatic rings. The van der Waals surface area contributed by atoms with E-state index in [1.807, 2.05) is 0 Å².